The number of carbonyl (C=O) groups is 2. The average molecular weight is 610 g/mol. The van der Waals surface area contributed by atoms with Gasteiger partial charge < -0.3 is 19.7 Å². The van der Waals surface area contributed by atoms with Crippen molar-refractivity contribution < 1.29 is 23.5 Å². The highest BCUT2D eigenvalue weighted by Gasteiger charge is 2.29. The van der Waals surface area contributed by atoms with Crippen LogP contribution in [0.2, 0.25) is 0 Å². The number of hydrogen-bond donors (Lipinski definition) is 1. The van der Waals surface area contributed by atoms with Crippen LogP contribution in [-0.2, 0) is 11.3 Å². The molecule has 3 amide bonds. The fourth-order valence-electron chi connectivity index (χ4n) is 5.69. The van der Waals surface area contributed by atoms with Gasteiger partial charge in [0.25, 0.3) is 5.91 Å². The number of halogens is 1. The normalized spacial score (nSPS) is 15.8. The molecule has 4 aromatic rings. The topological polar surface area (TPSA) is 87.2 Å². The van der Waals surface area contributed by atoms with E-state index in [0.717, 1.165) is 43.7 Å². The molecule has 0 aliphatic carbocycles. The molecule has 3 heterocycles. The summed E-state index contributed by atoms with van der Waals surface area (Å²) in [5.41, 5.74) is 3.07. The van der Waals surface area contributed by atoms with Crippen LogP contribution in [0.3, 0.4) is 0 Å². The number of urea groups is 1. The van der Waals surface area contributed by atoms with Crippen LogP contribution in [-0.4, -0.2) is 72.2 Å². The SMILES string of the molecule is O=C(c1ccc(Oc2ccc(CN3CCC(N(C(=O)Nc4ccc(F)cc4)c4ccccc4)CC3)cn2)cc1)N1CCOCC1. The molecule has 0 bridgehead atoms. The number of nitrogens with zero attached hydrogens (tertiary/aromatic N) is 4. The first-order chi connectivity index (χ1) is 22.0. The van der Waals surface area contributed by atoms with Crippen LogP contribution in [0.25, 0.3) is 0 Å². The largest absolute Gasteiger partial charge is 0.439 e. The first kappa shape index (κ1) is 30.2. The standard InChI is InChI=1S/C35H36FN5O4/c36-28-9-11-29(12-10-28)38-35(43)41(30-4-2-1-3-5-30)31-16-18-39(19-17-31)25-26-6-15-33(37-24-26)45-32-13-7-27(8-14-32)34(42)40-20-22-44-23-21-40/h1-15,24,31H,16-23,25H2,(H,38,43). The van der Waals surface area contributed by atoms with Crippen molar-refractivity contribution in [1.82, 2.24) is 14.8 Å². The van der Waals surface area contributed by atoms with Crippen LogP contribution < -0.4 is 15.0 Å². The molecule has 45 heavy (non-hydrogen) atoms. The van der Waals surface area contributed by atoms with Crippen LogP contribution >= 0.6 is 0 Å². The number of benzene rings is 3. The number of ether oxygens (including phenoxy) is 2. The van der Waals surface area contributed by atoms with Crippen LogP contribution in [0.5, 0.6) is 11.6 Å². The molecule has 232 valence electrons. The first-order valence-electron chi connectivity index (χ1n) is 15.2. The Morgan fingerprint density at radius 1 is 0.889 bits per heavy atom. The number of para-hydroxylation sites is 1. The fraction of sp³-hybridized carbons (Fsp3) is 0.286. The molecule has 2 fully saturated rings. The van der Waals surface area contributed by atoms with E-state index in [-0.39, 0.29) is 23.8 Å². The number of anilines is 2. The van der Waals surface area contributed by atoms with E-state index in [9.17, 15) is 14.0 Å². The summed E-state index contributed by atoms with van der Waals surface area (Å²) < 4.78 is 24.6. The minimum Gasteiger partial charge on any atom is -0.439 e. The zero-order chi connectivity index (χ0) is 31.0. The van der Waals surface area contributed by atoms with Crippen LogP contribution in [0.4, 0.5) is 20.6 Å². The molecule has 1 N–H and O–H groups in total. The van der Waals surface area contributed by atoms with E-state index < -0.39 is 0 Å². The van der Waals surface area contributed by atoms with E-state index in [4.69, 9.17) is 9.47 Å². The summed E-state index contributed by atoms with van der Waals surface area (Å²) in [6.07, 6.45) is 3.44. The molecule has 2 saturated heterocycles. The van der Waals surface area contributed by atoms with Gasteiger partial charge in [0.2, 0.25) is 5.88 Å². The van der Waals surface area contributed by atoms with Gasteiger partial charge in [0.05, 0.1) is 13.2 Å². The number of likely N-dealkylation sites (tertiary alicyclic amines) is 1. The summed E-state index contributed by atoms with van der Waals surface area (Å²) in [7, 11) is 0. The van der Waals surface area contributed by atoms with Gasteiger partial charge in [-0.05, 0) is 79.1 Å². The van der Waals surface area contributed by atoms with Crippen molar-refractivity contribution in [3.8, 4) is 11.6 Å². The summed E-state index contributed by atoms with van der Waals surface area (Å²) in [5.74, 6) is 0.747. The van der Waals surface area contributed by atoms with Gasteiger partial charge in [-0.1, -0.05) is 24.3 Å². The number of carbonyl (C=O) groups excluding carboxylic acids is 2. The number of hydrogen-bond acceptors (Lipinski definition) is 6. The second-order valence-electron chi connectivity index (χ2n) is 11.2. The van der Waals surface area contributed by atoms with E-state index in [1.165, 1.54) is 12.1 Å². The molecular formula is C35H36FN5O4. The summed E-state index contributed by atoms with van der Waals surface area (Å²) in [6.45, 7) is 4.74. The summed E-state index contributed by atoms with van der Waals surface area (Å²) >= 11 is 0. The number of morpholine rings is 1. The van der Waals surface area contributed by atoms with E-state index in [1.54, 1.807) is 41.3 Å². The molecule has 0 unspecified atom stereocenters. The first-order valence-corrected chi connectivity index (χ1v) is 15.2. The summed E-state index contributed by atoms with van der Waals surface area (Å²) in [4.78, 5) is 36.6. The van der Waals surface area contributed by atoms with Crippen molar-refractivity contribution in [2.75, 3.05) is 49.6 Å². The van der Waals surface area contributed by atoms with Gasteiger partial charge in [-0.3, -0.25) is 14.6 Å². The Morgan fingerprint density at radius 2 is 1.60 bits per heavy atom. The monoisotopic (exact) mass is 609 g/mol. The Bertz CT molecular complexity index is 1550. The highest BCUT2D eigenvalue weighted by Crippen LogP contribution is 2.26. The molecule has 0 saturated carbocycles. The number of rotatable bonds is 8. The third-order valence-electron chi connectivity index (χ3n) is 8.10. The maximum Gasteiger partial charge on any atom is 0.326 e. The van der Waals surface area contributed by atoms with Gasteiger partial charge in [-0.15, -0.1) is 0 Å². The van der Waals surface area contributed by atoms with Crippen LogP contribution in [0.15, 0.2) is 97.2 Å². The second-order valence-corrected chi connectivity index (χ2v) is 11.2. The van der Waals surface area contributed by atoms with Crippen molar-refractivity contribution >= 4 is 23.3 Å². The van der Waals surface area contributed by atoms with Gasteiger partial charge in [0, 0.05) is 68.0 Å². The molecule has 3 aromatic carbocycles. The Balaban J connectivity index is 1.02. The predicted molar refractivity (Wildman–Crippen MR) is 170 cm³/mol. The average Bonchev–Trinajstić information content (AvgIpc) is 3.08. The Hall–Kier alpha value is -4.80. The molecule has 0 spiro atoms. The lowest BCUT2D eigenvalue weighted by atomic mass is 10.0. The molecular weight excluding hydrogens is 573 g/mol. The quantitative estimate of drug-likeness (QED) is 0.257. The molecule has 10 heteroatoms. The smallest absolute Gasteiger partial charge is 0.326 e. The zero-order valence-corrected chi connectivity index (χ0v) is 25.0. The highest BCUT2D eigenvalue weighted by molar-refractivity contribution is 6.02. The van der Waals surface area contributed by atoms with Crippen molar-refractivity contribution in [2.45, 2.75) is 25.4 Å². The minimum atomic E-state index is -0.346. The van der Waals surface area contributed by atoms with Crippen LogP contribution in [0.1, 0.15) is 28.8 Å². The highest BCUT2D eigenvalue weighted by atomic mass is 19.1. The third-order valence-corrected chi connectivity index (χ3v) is 8.10. The number of amides is 3. The molecule has 0 radical (unpaired) electrons. The summed E-state index contributed by atoms with van der Waals surface area (Å²) in [6, 6.07) is 26.2. The van der Waals surface area contributed by atoms with Gasteiger partial charge in [-0.2, -0.15) is 0 Å². The van der Waals surface area contributed by atoms with Crippen molar-refractivity contribution in [3.05, 3.63) is 114 Å². The van der Waals surface area contributed by atoms with Crippen LogP contribution in [0, 0.1) is 5.82 Å². The third kappa shape index (κ3) is 7.84. The molecule has 1 aromatic heterocycles. The van der Waals surface area contributed by atoms with E-state index in [1.807, 2.05) is 53.6 Å². The van der Waals surface area contributed by atoms with Gasteiger partial charge >= 0.3 is 6.03 Å². The lowest BCUT2D eigenvalue weighted by Crippen LogP contribution is -2.49. The number of piperidine rings is 1. The summed E-state index contributed by atoms with van der Waals surface area (Å²) in [5, 5.41) is 2.93. The minimum absolute atomic E-state index is 0.00241. The van der Waals surface area contributed by atoms with E-state index in [2.05, 4.69) is 15.2 Å². The van der Waals surface area contributed by atoms with E-state index in [0.29, 0.717) is 49.2 Å². The zero-order valence-electron chi connectivity index (χ0n) is 25.0. The Kier molecular flexibility index (Phi) is 9.62. The lowest BCUT2D eigenvalue weighted by molar-refractivity contribution is 0.0303. The molecule has 6 rings (SSSR count). The van der Waals surface area contributed by atoms with Gasteiger partial charge in [-0.25, -0.2) is 14.2 Å². The van der Waals surface area contributed by atoms with Gasteiger partial charge in [0.1, 0.15) is 11.6 Å². The second kappa shape index (κ2) is 14.3. The van der Waals surface area contributed by atoms with Crippen molar-refractivity contribution in [1.29, 1.82) is 0 Å². The molecule has 9 nitrogen and oxygen atoms in total. The lowest BCUT2D eigenvalue weighted by Gasteiger charge is -2.38. The number of aromatic nitrogens is 1. The molecule has 0 atom stereocenters. The maximum atomic E-state index is 13.4. The van der Waals surface area contributed by atoms with Crippen molar-refractivity contribution in [3.63, 3.8) is 0 Å². The fourth-order valence-corrected chi connectivity index (χ4v) is 5.69. The number of nitrogens with one attached hydrogen (secondary N) is 1. The molecule has 2 aliphatic heterocycles. The maximum absolute atomic E-state index is 13.4. The van der Waals surface area contributed by atoms with E-state index >= 15 is 0 Å². The molecule has 2 aliphatic rings. The predicted octanol–water partition coefficient (Wildman–Crippen LogP) is 6.19. The Morgan fingerprint density at radius 3 is 2.27 bits per heavy atom. The number of pyridine rings is 1. The van der Waals surface area contributed by atoms with Gasteiger partial charge in [0.15, 0.2) is 0 Å². The van der Waals surface area contributed by atoms with Crippen molar-refractivity contribution in [2.24, 2.45) is 0 Å². The Labute approximate surface area is 262 Å².